The number of amides is 1. The molecule has 0 spiro atoms. The molecule has 250 valence electrons. The third-order valence-corrected chi connectivity index (χ3v) is 8.60. The number of allylic oxidation sites excluding steroid dienone is 2. The van der Waals surface area contributed by atoms with E-state index in [1.54, 1.807) is 0 Å². The van der Waals surface area contributed by atoms with Gasteiger partial charge in [0, 0.05) is 13.0 Å². The van der Waals surface area contributed by atoms with Gasteiger partial charge < -0.3 is 21.1 Å². The summed E-state index contributed by atoms with van der Waals surface area (Å²) in [7, 11) is -4.30. The van der Waals surface area contributed by atoms with Crippen LogP contribution in [0.15, 0.2) is 12.2 Å². The third kappa shape index (κ3) is 28.0. The molecule has 1 amide bonds. The van der Waals surface area contributed by atoms with Crippen LogP contribution in [-0.4, -0.2) is 47.8 Å². The van der Waals surface area contributed by atoms with E-state index >= 15 is 0 Å². The van der Waals surface area contributed by atoms with Gasteiger partial charge in [0.15, 0.2) is 0 Å². The summed E-state index contributed by atoms with van der Waals surface area (Å²) in [5, 5.41) is 13.7. The molecule has 0 fully saturated rings. The highest BCUT2D eigenvalue weighted by Crippen LogP contribution is 2.43. The lowest BCUT2D eigenvalue weighted by atomic mass is 10.0. The summed E-state index contributed by atoms with van der Waals surface area (Å²) in [5.41, 5.74) is 5.34. The highest BCUT2D eigenvalue weighted by molar-refractivity contribution is 7.47. The van der Waals surface area contributed by atoms with Crippen LogP contribution in [0.1, 0.15) is 162 Å². The van der Waals surface area contributed by atoms with Crippen LogP contribution in [0.5, 0.6) is 0 Å². The Bertz CT molecular complexity index is 679. The smallest absolute Gasteiger partial charge is 0.391 e. The maximum absolute atomic E-state index is 12.6. The molecule has 0 rings (SSSR count). The molecule has 0 saturated carbocycles. The van der Waals surface area contributed by atoms with E-state index in [9.17, 15) is 19.4 Å². The van der Waals surface area contributed by atoms with Crippen molar-refractivity contribution < 1.29 is 28.4 Å². The van der Waals surface area contributed by atoms with Gasteiger partial charge in [-0.1, -0.05) is 135 Å². The van der Waals surface area contributed by atoms with Crippen molar-refractivity contribution in [3.05, 3.63) is 12.2 Å². The molecular weight excluding hydrogens is 551 g/mol. The van der Waals surface area contributed by atoms with Crippen LogP contribution < -0.4 is 11.1 Å². The zero-order valence-electron chi connectivity index (χ0n) is 27.2. The van der Waals surface area contributed by atoms with Crippen LogP contribution in [0.2, 0.25) is 0 Å². The van der Waals surface area contributed by atoms with Crippen molar-refractivity contribution >= 4 is 13.7 Å². The molecule has 8 nitrogen and oxygen atoms in total. The topological polar surface area (TPSA) is 131 Å². The average molecular weight is 619 g/mol. The van der Waals surface area contributed by atoms with Crippen LogP contribution >= 0.6 is 7.82 Å². The number of unbranched alkanes of at least 4 members (excludes halogenated alkanes) is 18. The second-order valence-electron chi connectivity index (χ2n) is 11.7. The molecule has 0 aromatic rings. The van der Waals surface area contributed by atoms with E-state index < -0.39 is 20.0 Å². The van der Waals surface area contributed by atoms with Crippen LogP contribution in [0.25, 0.3) is 0 Å². The van der Waals surface area contributed by atoms with E-state index in [2.05, 4.69) is 31.3 Å². The number of aliphatic hydroxyl groups excluding tert-OH is 1. The van der Waals surface area contributed by atoms with E-state index in [1.165, 1.54) is 83.5 Å². The lowest BCUT2D eigenvalue weighted by molar-refractivity contribution is -0.123. The summed E-state index contributed by atoms with van der Waals surface area (Å²) in [6.07, 6.45) is 29.3. The SMILES string of the molecule is CCCC/C=C\CCCCCCCC(=O)NC(COP(=O)(O)OCCN)C(O)CCCCCCCCCCCCCC. The number of phosphoric acid groups is 1. The quantitative estimate of drug-likeness (QED) is 0.0338. The van der Waals surface area contributed by atoms with Gasteiger partial charge >= 0.3 is 7.82 Å². The molecule has 0 aromatic heterocycles. The monoisotopic (exact) mass is 618 g/mol. The average Bonchev–Trinajstić information content (AvgIpc) is 2.97. The first-order chi connectivity index (χ1) is 20.4. The molecular formula is C33H67N2O6P. The predicted octanol–water partition coefficient (Wildman–Crippen LogP) is 8.49. The summed E-state index contributed by atoms with van der Waals surface area (Å²) in [6.45, 7) is 4.13. The van der Waals surface area contributed by atoms with Gasteiger partial charge in [-0.25, -0.2) is 4.57 Å². The lowest BCUT2D eigenvalue weighted by Crippen LogP contribution is -2.46. The largest absolute Gasteiger partial charge is 0.472 e. The summed E-state index contributed by atoms with van der Waals surface area (Å²) in [5.74, 6) is -0.174. The predicted molar refractivity (Wildman–Crippen MR) is 175 cm³/mol. The summed E-state index contributed by atoms with van der Waals surface area (Å²) < 4.78 is 22.0. The van der Waals surface area contributed by atoms with E-state index in [0.717, 1.165) is 51.4 Å². The third-order valence-electron chi connectivity index (χ3n) is 7.62. The van der Waals surface area contributed by atoms with Crippen molar-refractivity contribution in [1.82, 2.24) is 5.32 Å². The molecule has 0 heterocycles. The molecule has 0 bridgehead atoms. The summed E-state index contributed by atoms with van der Waals surface area (Å²) >= 11 is 0. The van der Waals surface area contributed by atoms with E-state index in [-0.39, 0.29) is 25.7 Å². The highest BCUT2D eigenvalue weighted by Gasteiger charge is 2.27. The highest BCUT2D eigenvalue weighted by atomic mass is 31.2. The second kappa shape index (κ2) is 30.3. The molecule has 0 aromatic carbocycles. The number of rotatable bonds is 32. The number of hydrogen-bond donors (Lipinski definition) is 4. The standard InChI is InChI=1S/C33H67N2O6P/c1-3-5-7-9-11-13-15-17-18-20-22-24-26-32(36)31(30-41-42(38,39)40-29-28-34)35-33(37)27-25-23-21-19-16-14-12-10-8-6-4-2/h10,12,31-32,36H,3-9,11,13-30,34H2,1-2H3,(H,35,37)(H,38,39)/b12-10-. The second-order valence-corrected chi connectivity index (χ2v) is 13.2. The van der Waals surface area contributed by atoms with Crippen LogP contribution in [0, 0.1) is 0 Å². The van der Waals surface area contributed by atoms with E-state index in [4.69, 9.17) is 14.8 Å². The van der Waals surface area contributed by atoms with Gasteiger partial charge in [0.05, 0.1) is 25.4 Å². The molecule has 0 aliphatic heterocycles. The number of carbonyl (C=O) groups is 1. The van der Waals surface area contributed by atoms with Crippen molar-refractivity contribution in [2.75, 3.05) is 19.8 Å². The Morgan fingerprint density at radius 3 is 1.83 bits per heavy atom. The first-order valence-electron chi connectivity index (χ1n) is 17.3. The molecule has 0 saturated heterocycles. The maximum atomic E-state index is 12.6. The first-order valence-corrected chi connectivity index (χ1v) is 18.8. The number of phosphoric ester groups is 1. The molecule has 5 N–H and O–H groups in total. The van der Waals surface area contributed by atoms with Gasteiger partial charge in [-0.15, -0.1) is 0 Å². The number of aliphatic hydroxyl groups is 1. The van der Waals surface area contributed by atoms with Crippen LogP contribution in [0.4, 0.5) is 0 Å². The molecule has 0 aliphatic carbocycles. The summed E-state index contributed by atoms with van der Waals surface area (Å²) in [6, 6.07) is -0.772. The fourth-order valence-electron chi connectivity index (χ4n) is 4.94. The van der Waals surface area contributed by atoms with Crippen molar-refractivity contribution in [1.29, 1.82) is 0 Å². The molecule has 0 radical (unpaired) electrons. The molecule has 42 heavy (non-hydrogen) atoms. The first kappa shape index (κ1) is 41.2. The Kier molecular flexibility index (Phi) is 29.7. The van der Waals surface area contributed by atoms with Gasteiger partial charge in [-0.2, -0.15) is 0 Å². The van der Waals surface area contributed by atoms with E-state index in [1.807, 2.05) is 0 Å². The lowest BCUT2D eigenvalue weighted by Gasteiger charge is -2.25. The Hall–Kier alpha value is -0.760. The minimum Gasteiger partial charge on any atom is -0.391 e. The van der Waals surface area contributed by atoms with E-state index in [0.29, 0.717) is 12.8 Å². The summed E-state index contributed by atoms with van der Waals surface area (Å²) in [4.78, 5) is 22.5. The Morgan fingerprint density at radius 1 is 0.762 bits per heavy atom. The molecule has 0 aliphatic rings. The normalized spacial score (nSPS) is 14.7. The van der Waals surface area contributed by atoms with Gasteiger partial charge in [-0.3, -0.25) is 13.8 Å². The van der Waals surface area contributed by atoms with Gasteiger partial charge in [0.2, 0.25) is 5.91 Å². The maximum Gasteiger partial charge on any atom is 0.472 e. The Labute approximate surface area is 258 Å². The number of nitrogens with two attached hydrogens (primary N) is 1. The van der Waals surface area contributed by atoms with Gasteiger partial charge in [-0.05, 0) is 32.1 Å². The Morgan fingerprint density at radius 2 is 1.26 bits per heavy atom. The minimum absolute atomic E-state index is 0.0886. The fourth-order valence-corrected chi connectivity index (χ4v) is 5.70. The zero-order valence-corrected chi connectivity index (χ0v) is 28.1. The zero-order chi connectivity index (χ0) is 31.2. The van der Waals surface area contributed by atoms with Crippen molar-refractivity contribution in [3.63, 3.8) is 0 Å². The van der Waals surface area contributed by atoms with Crippen molar-refractivity contribution in [3.8, 4) is 0 Å². The molecule has 3 unspecified atom stereocenters. The number of hydrogen-bond acceptors (Lipinski definition) is 6. The molecule has 3 atom stereocenters. The van der Waals surface area contributed by atoms with Crippen LogP contribution in [-0.2, 0) is 18.4 Å². The fraction of sp³-hybridized carbons (Fsp3) is 0.909. The van der Waals surface area contributed by atoms with Crippen molar-refractivity contribution in [2.24, 2.45) is 5.73 Å². The van der Waals surface area contributed by atoms with Gasteiger partial charge in [0.1, 0.15) is 0 Å². The van der Waals surface area contributed by atoms with Crippen LogP contribution in [0.3, 0.4) is 0 Å². The number of nitrogens with one attached hydrogen (secondary N) is 1. The molecule has 9 heteroatoms. The Balaban J connectivity index is 4.32. The minimum atomic E-state index is -4.30. The number of carbonyl (C=O) groups excluding carboxylic acids is 1. The van der Waals surface area contributed by atoms with Gasteiger partial charge in [0.25, 0.3) is 0 Å². The van der Waals surface area contributed by atoms with Crippen molar-refractivity contribution in [2.45, 2.75) is 174 Å².